The molecular formula is C34H48BF2N5O5. The molecule has 10 nitrogen and oxygen atoms in total. The number of aromatic nitrogens is 2. The van der Waals surface area contributed by atoms with E-state index >= 15 is 0 Å². The van der Waals surface area contributed by atoms with Gasteiger partial charge < -0.3 is 28.7 Å². The van der Waals surface area contributed by atoms with Crippen LogP contribution >= 0.6 is 0 Å². The summed E-state index contributed by atoms with van der Waals surface area (Å²) < 4.78 is 49.7. The maximum atomic E-state index is 14.8. The molecule has 4 aliphatic heterocycles. The molecule has 0 N–H and O–H groups in total. The third-order valence-corrected chi connectivity index (χ3v) is 10.4. The van der Waals surface area contributed by atoms with E-state index in [1.54, 1.807) is 17.9 Å². The first-order valence-corrected chi connectivity index (χ1v) is 16.9. The van der Waals surface area contributed by atoms with Gasteiger partial charge in [-0.25, -0.2) is 13.6 Å². The monoisotopic (exact) mass is 655 g/mol. The summed E-state index contributed by atoms with van der Waals surface area (Å²) in [6.07, 6.45) is 0.588. The third kappa shape index (κ3) is 6.37. The van der Waals surface area contributed by atoms with Crippen molar-refractivity contribution >= 4 is 36.1 Å². The van der Waals surface area contributed by atoms with Crippen molar-refractivity contribution in [2.75, 3.05) is 31.1 Å². The lowest BCUT2D eigenvalue weighted by Gasteiger charge is -2.34. The van der Waals surface area contributed by atoms with Gasteiger partial charge in [0.05, 0.1) is 23.8 Å². The van der Waals surface area contributed by atoms with Crippen LogP contribution in [0.2, 0.25) is 0 Å². The van der Waals surface area contributed by atoms with E-state index < -0.39 is 30.3 Å². The Bertz CT molecular complexity index is 1530. The quantitative estimate of drug-likeness (QED) is 0.392. The smallest absolute Gasteiger partial charge is 0.444 e. The molecule has 256 valence electrons. The SMILES string of the molecule is CC(=O)N1CCc2c(c(N3CCCc4cc(B5OC(C)(C)C(C)(C)O5)c(C(F)F)cc43)nn2C2CCN(C(=O)OC(C)(C)C)CC2)C1. The average molecular weight is 656 g/mol. The summed E-state index contributed by atoms with van der Waals surface area (Å²) in [7, 11) is -0.896. The fourth-order valence-electron chi connectivity index (χ4n) is 7.09. The topological polar surface area (TPSA) is 89.4 Å². The molecular weight excluding hydrogens is 607 g/mol. The lowest BCUT2D eigenvalue weighted by Crippen LogP contribution is -2.42. The van der Waals surface area contributed by atoms with Crippen molar-refractivity contribution < 1.29 is 32.4 Å². The molecule has 0 aliphatic carbocycles. The van der Waals surface area contributed by atoms with Gasteiger partial charge >= 0.3 is 13.2 Å². The van der Waals surface area contributed by atoms with Crippen LogP contribution in [0.1, 0.15) is 110 Å². The van der Waals surface area contributed by atoms with Crippen LogP contribution in [0, 0.1) is 0 Å². The molecule has 0 unspecified atom stereocenters. The second kappa shape index (κ2) is 12.1. The first-order chi connectivity index (χ1) is 22.0. The predicted octanol–water partition coefficient (Wildman–Crippen LogP) is 5.68. The molecule has 1 aromatic carbocycles. The number of ether oxygens (including phenoxy) is 1. The number of halogens is 2. The van der Waals surface area contributed by atoms with Crippen LogP contribution in [0.5, 0.6) is 0 Å². The highest BCUT2D eigenvalue weighted by molar-refractivity contribution is 6.62. The standard InChI is InChI=1S/C34H48BF2N5O5/c1-21(43)40-17-13-27-25(20-40)30(38-42(27)23-11-15-39(16-12-23)31(44)45-32(2,3)4)41-14-9-10-22-18-26(24(29(36)37)19-28(22)41)35-46-33(5,6)34(7,8)47-35/h18-19,23,29H,9-17,20H2,1-8H3. The predicted molar refractivity (Wildman–Crippen MR) is 176 cm³/mol. The Balaban J connectivity index is 1.35. The zero-order valence-corrected chi connectivity index (χ0v) is 29.0. The Hall–Kier alpha value is -3.19. The van der Waals surface area contributed by atoms with Gasteiger partial charge in [0.25, 0.3) is 6.43 Å². The van der Waals surface area contributed by atoms with Crippen LogP contribution in [0.3, 0.4) is 0 Å². The van der Waals surface area contributed by atoms with Gasteiger partial charge in [-0.2, -0.15) is 5.10 Å². The minimum atomic E-state index is -2.73. The highest BCUT2D eigenvalue weighted by atomic mass is 19.3. The van der Waals surface area contributed by atoms with Gasteiger partial charge in [0.1, 0.15) is 5.60 Å². The first-order valence-electron chi connectivity index (χ1n) is 16.9. The van der Waals surface area contributed by atoms with Crippen LogP contribution in [-0.2, 0) is 38.2 Å². The number of aryl methyl sites for hydroxylation is 1. The summed E-state index contributed by atoms with van der Waals surface area (Å²) in [5.41, 5.74) is 2.07. The highest BCUT2D eigenvalue weighted by Gasteiger charge is 2.53. The number of piperidine rings is 1. The number of benzene rings is 1. The van der Waals surface area contributed by atoms with Gasteiger partial charge in [-0.1, -0.05) is 6.07 Å². The molecule has 0 bridgehead atoms. The van der Waals surface area contributed by atoms with E-state index in [0.717, 1.165) is 29.7 Å². The number of hydrogen-bond acceptors (Lipinski definition) is 7. The lowest BCUT2D eigenvalue weighted by atomic mass is 9.74. The van der Waals surface area contributed by atoms with E-state index in [-0.39, 0.29) is 23.6 Å². The van der Waals surface area contributed by atoms with E-state index in [1.165, 1.54) is 0 Å². The Kier molecular flexibility index (Phi) is 8.64. The largest absolute Gasteiger partial charge is 0.495 e. The van der Waals surface area contributed by atoms with Crippen molar-refractivity contribution in [2.24, 2.45) is 0 Å². The second-order valence-corrected chi connectivity index (χ2v) is 15.3. The molecule has 47 heavy (non-hydrogen) atoms. The Morgan fingerprint density at radius 3 is 2.26 bits per heavy atom. The zero-order valence-electron chi connectivity index (χ0n) is 29.0. The number of carbonyl (C=O) groups is 2. The summed E-state index contributed by atoms with van der Waals surface area (Å²) in [5, 5.41) is 5.21. The summed E-state index contributed by atoms with van der Waals surface area (Å²) in [6, 6.07) is 3.49. The molecule has 2 fully saturated rings. The second-order valence-electron chi connectivity index (χ2n) is 15.3. The molecule has 2 aromatic rings. The Morgan fingerprint density at radius 1 is 1.00 bits per heavy atom. The van der Waals surface area contributed by atoms with Crippen molar-refractivity contribution in [3.63, 3.8) is 0 Å². The van der Waals surface area contributed by atoms with E-state index in [1.807, 2.05) is 59.4 Å². The minimum Gasteiger partial charge on any atom is -0.444 e. The number of carbonyl (C=O) groups excluding carboxylic acids is 2. The lowest BCUT2D eigenvalue weighted by molar-refractivity contribution is -0.129. The van der Waals surface area contributed by atoms with Crippen LogP contribution in [0.15, 0.2) is 12.1 Å². The van der Waals surface area contributed by atoms with E-state index in [4.69, 9.17) is 19.1 Å². The van der Waals surface area contributed by atoms with Crippen molar-refractivity contribution in [2.45, 2.75) is 123 Å². The maximum Gasteiger partial charge on any atom is 0.495 e. The van der Waals surface area contributed by atoms with Crippen LogP contribution in [-0.4, -0.2) is 81.7 Å². The highest BCUT2D eigenvalue weighted by Crippen LogP contribution is 2.42. The van der Waals surface area contributed by atoms with Crippen LogP contribution < -0.4 is 10.4 Å². The van der Waals surface area contributed by atoms with Gasteiger partial charge in [0.2, 0.25) is 5.91 Å². The number of hydrogen-bond donors (Lipinski definition) is 0. The number of rotatable bonds is 4. The molecule has 5 heterocycles. The molecule has 13 heteroatoms. The molecule has 4 aliphatic rings. The number of amides is 2. The van der Waals surface area contributed by atoms with Gasteiger partial charge in [-0.05, 0) is 91.2 Å². The van der Waals surface area contributed by atoms with Gasteiger partial charge in [-0.15, -0.1) is 0 Å². The summed E-state index contributed by atoms with van der Waals surface area (Å²) in [4.78, 5) is 30.9. The number of fused-ring (bicyclic) bond motifs is 2. The van der Waals surface area contributed by atoms with Crippen LogP contribution in [0.25, 0.3) is 0 Å². The molecule has 1 aromatic heterocycles. The Morgan fingerprint density at radius 2 is 1.66 bits per heavy atom. The fourth-order valence-corrected chi connectivity index (χ4v) is 7.09. The molecule has 0 radical (unpaired) electrons. The minimum absolute atomic E-state index is 0.00824. The van der Waals surface area contributed by atoms with Crippen molar-refractivity contribution in [1.29, 1.82) is 0 Å². The average Bonchev–Trinajstić information content (AvgIpc) is 3.47. The number of alkyl halides is 2. The Labute approximate surface area is 276 Å². The molecule has 0 spiro atoms. The van der Waals surface area contributed by atoms with Gasteiger partial charge in [-0.3, -0.25) is 9.48 Å². The van der Waals surface area contributed by atoms with Crippen molar-refractivity contribution in [1.82, 2.24) is 19.6 Å². The first kappa shape index (κ1) is 33.7. The summed E-state index contributed by atoms with van der Waals surface area (Å²) >= 11 is 0. The fraction of sp³-hybridized carbons (Fsp3) is 0.676. The molecule has 0 atom stereocenters. The van der Waals surface area contributed by atoms with Crippen molar-refractivity contribution in [3.05, 3.63) is 34.5 Å². The zero-order chi connectivity index (χ0) is 34.1. The maximum absolute atomic E-state index is 14.8. The van der Waals surface area contributed by atoms with E-state index in [2.05, 4.69) is 9.58 Å². The normalized spacial score (nSPS) is 21.3. The number of anilines is 2. The molecule has 2 saturated heterocycles. The van der Waals surface area contributed by atoms with Crippen LogP contribution in [0.4, 0.5) is 25.1 Å². The number of nitrogens with zero attached hydrogens (tertiary/aromatic N) is 5. The third-order valence-electron chi connectivity index (χ3n) is 10.4. The van der Waals surface area contributed by atoms with E-state index in [9.17, 15) is 18.4 Å². The molecule has 0 saturated carbocycles. The summed E-state index contributed by atoms with van der Waals surface area (Å²) in [5.74, 6) is 0.705. The van der Waals surface area contributed by atoms with Gasteiger partial charge in [0.15, 0.2) is 5.82 Å². The van der Waals surface area contributed by atoms with Crippen molar-refractivity contribution in [3.8, 4) is 0 Å². The van der Waals surface area contributed by atoms with E-state index in [0.29, 0.717) is 69.0 Å². The summed E-state index contributed by atoms with van der Waals surface area (Å²) in [6.45, 7) is 17.6. The van der Waals surface area contributed by atoms with Gasteiger partial charge in [0, 0.05) is 62.0 Å². The molecule has 6 rings (SSSR count). The number of likely N-dealkylation sites (tertiary alicyclic amines) is 1. The molecule has 2 amide bonds.